The molecule has 3 nitrogen and oxygen atoms in total. The van der Waals surface area contributed by atoms with Crippen molar-refractivity contribution >= 4 is 35.1 Å². The van der Waals surface area contributed by atoms with E-state index >= 15 is 0 Å². The number of aliphatic hydroxyl groups excluding tert-OH is 1. The van der Waals surface area contributed by atoms with Crippen LogP contribution in [0.1, 0.15) is 58.9 Å². The first-order valence-electron chi connectivity index (χ1n) is 13.2. The Bertz CT molecular complexity index is 1320. The van der Waals surface area contributed by atoms with Crippen molar-refractivity contribution < 1.29 is 14.7 Å². The van der Waals surface area contributed by atoms with Crippen LogP contribution >= 0.6 is 23.5 Å². The number of hydrogen-bond acceptors (Lipinski definition) is 5. The number of aryl methyl sites for hydroxylation is 1. The Kier molecular flexibility index (Phi) is 12.6. The minimum Gasteiger partial charge on any atom is -0.400 e. The zero-order valence-corrected chi connectivity index (χ0v) is 24.5. The topological polar surface area (TPSA) is 54.4 Å². The van der Waals surface area contributed by atoms with Gasteiger partial charge in [0, 0.05) is 44.2 Å². The monoisotopic (exact) mass is 556 g/mol. The lowest BCUT2D eigenvalue weighted by Crippen LogP contribution is -2.05. The molecule has 1 aliphatic rings. The SMILES string of the molecule is CC/C=C(/CCSc1ccc(C)cc1)C(=O)c1ccc(Sc2ccc(C(=O)C3=CCCC=C3)cc2)cc1.CO. The molecule has 3 aromatic rings. The number of aliphatic hydroxyl groups is 1. The molecule has 0 unspecified atom stereocenters. The summed E-state index contributed by atoms with van der Waals surface area (Å²) in [4.78, 5) is 29.2. The van der Waals surface area contributed by atoms with Gasteiger partial charge in [-0.15, -0.1) is 11.8 Å². The third-order valence-electron chi connectivity index (χ3n) is 6.13. The second kappa shape index (κ2) is 16.1. The van der Waals surface area contributed by atoms with Crippen molar-refractivity contribution in [3.8, 4) is 0 Å². The molecule has 0 spiro atoms. The molecule has 5 heteroatoms. The normalized spacial score (nSPS) is 12.8. The Hall–Kier alpha value is -3.12. The van der Waals surface area contributed by atoms with Crippen LogP contribution in [0.4, 0.5) is 0 Å². The molecule has 4 rings (SSSR count). The van der Waals surface area contributed by atoms with E-state index in [1.165, 1.54) is 10.5 Å². The van der Waals surface area contributed by atoms with Crippen LogP contribution in [0, 0.1) is 6.92 Å². The van der Waals surface area contributed by atoms with Gasteiger partial charge in [0.2, 0.25) is 0 Å². The molecule has 0 fully saturated rings. The standard InChI is InChI=1S/C33H32O2S2.CH4O/c1-3-7-25(22-23-36-29-16-10-24(2)11-17-29)32(34)27-12-18-30(19-13-27)37-31-20-14-28(15-21-31)33(35)26-8-5-4-6-9-26;1-2/h5,7-21H,3-4,6,22-23H2,1-2H3;2H,1H3/b25-7-;. The Morgan fingerprint density at radius 3 is 1.97 bits per heavy atom. The van der Waals surface area contributed by atoms with Crippen molar-refractivity contribution in [3.63, 3.8) is 0 Å². The molecule has 39 heavy (non-hydrogen) atoms. The molecular formula is C34H36O3S2. The van der Waals surface area contributed by atoms with Crippen molar-refractivity contribution in [1.29, 1.82) is 0 Å². The maximum absolute atomic E-state index is 13.2. The third-order valence-corrected chi connectivity index (χ3v) is 8.16. The van der Waals surface area contributed by atoms with Gasteiger partial charge >= 0.3 is 0 Å². The molecule has 0 heterocycles. The highest BCUT2D eigenvalue weighted by Crippen LogP contribution is 2.29. The number of hydrogen-bond donors (Lipinski definition) is 1. The maximum Gasteiger partial charge on any atom is 0.192 e. The van der Waals surface area contributed by atoms with E-state index in [-0.39, 0.29) is 11.6 Å². The number of thioether (sulfide) groups is 1. The van der Waals surface area contributed by atoms with Crippen LogP contribution in [-0.2, 0) is 0 Å². The second-order valence-corrected chi connectivity index (χ2v) is 11.3. The Morgan fingerprint density at radius 2 is 1.41 bits per heavy atom. The number of allylic oxidation sites excluding steroid dienone is 6. The van der Waals surface area contributed by atoms with Crippen molar-refractivity contribution in [2.75, 3.05) is 12.9 Å². The quantitative estimate of drug-likeness (QED) is 0.145. The largest absolute Gasteiger partial charge is 0.400 e. The lowest BCUT2D eigenvalue weighted by atomic mass is 9.98. The number of rotatable bonds is 11. The van der Waals surface area contributed by atoms with E-state index in [0.717, 1.165) is 65.0 Å². The summed E-state index contributed by atoms with van der Waals surface area (Å²) < 4.78 is 0. The van der Waals surface area contributed by atoms with Crippen LogP contribution in [0.2, 0.25) is 0 Å². The number of Topliss-reactive ketones (excluding diaryl/α,β-unsaturated/α-hetero) is 2. The molecule has 0 saturated heterocycles. The summed E-state index contributed by atoms with van der Waals surface area (Å²) in [6.45, 7) is 4.16. The van der Waals surface area contributed by atoms with E-state index in [4.69, 9.17) is 5.11 Å². The number of ketones is 2. The van der Waals surface area contributed by atoms with Gasteiger partial charge in [0.15, 0.2) is 11.6 Å². The minimum absolute atomic E-state index is 0.0727. The van der Waals surface area contributed by atoms with E-state index in [2.05, 4.69) is 50.3 Å². The Balaban J connectivity index is 0.00000205. The summed E-state index contributed by atoms with van der Waals surface area (Å²) in [6, 6.07) is 24.1. The predicted octanol–water partition coefficient (Wildman–Crippen LogP) is 8.92. The summed E-state index contributed by atoms with van der Waals surface area (Å²) in [5, 5.41) is 7.00. The summed E-state index contributed by atoms with van der Waals surface area (Å²) in [5.41, 5.74) is 4.34. The predicted molar refractivity (Wildman–Crippen MR) is 165 cm³/mol. The first-order chi connectivity index (χ1) is 19.0. The summed E-state index contributed by atoms with van der Waals surface area (Å²) >= 11 is 3.41. The molecule has 0 amide bonds. The fourth-order valence-electron chi connectivity index (χ4n) is 4.09. The fourth-order valence-corrected chi connectivity index (χ4v) is 5.79. The lowest BCUT2D eigenvalue weighted by molar-refractivity contribution is 0.102. The molecule has 3 aromatic carbocycles. The first-order valence-corrected chi connectivity index (χ1v) is 15.0. The van der Waals surface area contributed by atoms with Crippen LogP contribution in [0.25, 0.3) is 0 Å². The molecule has 0 saturated carbocycles. The molecule has 0 aromatic heterocycles. The van der Waals surface area contributed by atoms with E-state index in [9.17, 15) is 9.59 Å². The highest BCUT2D eigenvalue weighted by Gasteiger charge is 2.14. The molecule has 1 N–H and O–H groups in total. The van der Waals surface area contributed by atoms with E-state index in [0.29, 0.717) is 5.56 Å². The van der Waals surface area contributed by atoms with Crippen molar-refractivity contribution in [1.82, 2.24) is 0 Å². The van der Waals surface area contributed by atoms with Crippen LogP contribution in [0.15, 0.2) is 123 Å². The van der Waals surface area contributed by atoms with E-state index in [1.807, 2.05) is 60.7 Å². The van der Waals surface area contributed by atoms with Gasteiger partial charge in [-0.05, 0) is 98.8 Å². The highest BCUT2D eigenvalue weighted by molar-refractivity contribution is 7.99. The Labute approximate surface area is 241 Å². The smallest absolute Gasteiger partial charge is 0.192 e. The maximum atomic E-state index is 13.2. The van der Waals surface area contributed by atoms with E-state index in [1.54, 1.807) is 23.5 Å². The van der Waals surface area contributed by atoms with Gasteiger partial charge in [-0.25, -0.2) is 0 Å². The zero-order valence-electron chi connectivity index (χ0n) is 22.9. The van der Waals surface area contributed by atoms with Crippen LogP contribution < -0.4 is 0 Å². The fraction of sp³-hybridized carbons (Fsp3) is 0.235. The van der Waals surface area contributed by atoms with E-state index < -0.39 is 0 Å². The number of benzene rings is 3. The average molecular weight is 557 g/mol. The van der Waals surface area contributed by atoms with Gasteiger partial charge in [-0.2, -0.15) is 0 Å². The van der Waals surface area contributed by atoms with Crippen LogP contribution in [0.3, 0.4) is 0 Å². The minimum atomic E-state index is 0.0727. The molecule has 202 valence electrons. The Morgan fingerprint density at radius 1 is 0.821 bits per heavy atom. The molecule has 0 radical (unpaired) electrons. The lowest BCUT2D eigenvalue weighted by Gasteiger charge is -2.09. The molecule has 0 atom stereocenters. The van der Waals surface area contributed by atoms with Crippen molar-refractivity contribution in [2.45, 2.75) is 54.2 Å². The van der Waals surface area contributed by atoms with Gasteiger partial charge in [0.05, 0.1) is 0 Å². The van der Waals surface area contributed by atoms with Crippen molar-refractivity contribution in [3.05, 3.63) is 125 Å². The van der Waals surface area contributed by atoms with Crippen LogP contribution in [-0.4, -0.2) is 29.5 Å². The molecule has 1 aliphatic carbocycles. The van der Waals surface area contributed by atoms with Gasteiger partial charge in [-0.1, -0.05) is 60.7 Å². The molecule has 0 aliphatic heterocycles. The van der Waals surface area contributed by atoms with Gasteiger partial charge < -0.3 is 5.11 Å². The van der Waals surface area contributed by atoms with Gasteiger partial charge in [-0.3, -0.25) is 9.59 Å². The third kappa shape index (κ3) is 9.24. The highest BCUT2D eigenvalue weighted by atomic mass is 32.2. The van der Waals surface area contributed by atoms with Crippen molar-refractivity contribution in [2.24, 2.45) is 0 Å². The molecular weight excluding hydrogens is 521 g/mol. The second-order valence-electron chi connectivity index (χ2n) is 9.00. The molecule has 0 bridgehead atoms. The van der Waals surface area contributed by atoms with Crippen LogP contribution in [0.5, 0.6) is 0 Å². The summed E-state index contributed by atoms with van der Waals surface area (Å²) in [7, 11) is 1.00. The summed E-state index contributed by atoms with van der Waals surface area (Å²) in [5.74, 6) is 1.06. The summed E-state index contributed by atoms with van der Waals surface area (Å²) in [6.07, 6.45) is 11.6. The first kappa shape index (κ1) is 30.4. The zero-order chi connectivity index (χ0) is 28.0. The number of carbonyl (C=O) groups is 2. The number of carbonyl (C=O) groups excluding carboxylic acids is 2. The van der Waals surface area contributed by atoms with Gasteiger partial charge in [0.1, 0.15) is 0 Å². The average Bonchev–Trinajstić information content (AvgIpc) is 2.99. The van der Waals surface area contributed by atoms with Gasteiger partial charge in [0.25, 0.3) is 0 Å².